The molecule has 0 aliphatic rings. The molecule has 0 aromatic rings. The second-order valence-electron chi connectivity index (χ2n) is 2.24. The molecular formula is C7H16O4Si. The van der Waals surface area contributed by atoms with Crippen molar-refractivity contribution < 1.29 is 18.4 Å². The average Bonchev–Trinajstić information content (AvgIpc) is 2.14. The Labute approximate surface area is 74.1 Å². The van der Waals surface area contributed by atoms with Gasteiger partial charge in [0.1, 0.15) is 0 Å². The minimum Gasteiger partial charge on any atom is -0.396 e. The quantitative estimate of drug-likeness (QED) is 0.489. The Kier molecular flexibility index (Phi) is 5.35. The Balaban J connectivity index is 4.53. The Morgan fingerprint density at radius 1 is 1.33 bits per heavy atom. The molecule has 12 heavy (non-hydrogen) atoms. The third-order valence-electron chi connectivity index (χ3n) is 1.79. The van der Waals surface area contributed by atoms with E-state index in [2.05, 4.69) is 6.58 Å². The summed E-state index contributed by atoms with van der Waals surface area (Å²) in [7, 11) is 1.80. The van der Waals surface area contributed by atoms with Gasteiger partial charge in [0.05, 0.1) is 12.1 Å². The number of aliphatic hydroxyl groups is 1. The highest BCUT2D eigenvalue weighted by Gasteiger charge is 2.45. The molecule has 1 atom stereocenters. The van der Waals surface area contributed by atoms with Crippen molar-refractivity contribution >= 4 is 8.80 Å². The highest BCUT2D eigenvalue weighted by atomic mass is 28.4. The first-order valence-corrected chi connectivity index (χ1v) is 5.39. The zero-order valence-electron chi connectivity index (χ0n) is 7.74. The van der Waals surface area contributed by atoms with Crippen LogP contribution in [0.5, 0.6) is 0 Å². The van der Waals surface area contributed by atoms with Crippen LogP contribution in [0.15, 0.2) is 12.7 Å². The number of hydrogen-bond acceptors (Lipinski definition) is 4. The highest BCUT2D eigenvalue weighted by molar-refractivity contribution is 6.62. The van der Waals surface area contributed by atoms with Crippen LogP contribution in [0, 0.1) is 0 Å². The molecule has 0 amide bonds. The Bertz CT molecular complexity index is 127. The van der Waals surface area contributed by atoms with Crippen LogP contribution >= 0.6 is 0 Å². The largest absolute Gasteiger partial charge is 0.509 e. The molecule has 0 aromatic carbocycles. The molecule has 0 fully saturated rings. The lowest BCUT2D eigenvalue weighted by Crippen LogP contribution is -2.48. The van der Waals surface area contributed by atoms with Crippen molar-refractivity contribution in [1.29, 1.82) is 0 Å². The standard InChI is InChI=1S/C7H16O4Si/c1-5-7(6-8)12(9-2,10-3)11-4/h5,7-8H,1,6H2,2-4H3. The fraction of sp³-hybridized carbons (Fsp3) is 0.714. The Morgan fingerprint density at radius 2 is 1.75 bits per heavy atom. The van der Waals surface area contributed by atoms with Crippen molar-refractivity contribution in [2.24, 2.45) is 0 Å². The molecule has 0 spiro atoms. The summed E-state index contributed by atoms with van der Waals surface area (Å²) in [5, 5.41) is 8.98. The second kappa shape index (κ2) is 5.44. The van der Waals surface area contributed by atoms with Gasteiger partial charge < -0.3 is 18.4 Å². The van der Waals surface area contributed by atoms with Gasteiger partial charge in [-0.1, -0.05) is 6.08 Å². The smallest absolute Gasteiger partial charge is 0.396 e. The van der Waals surface area contributed by atoms with Gasteiger partial charge in [-0.25, -0.2) is 0 Å². The van der Waals surface area contributed by atoms with Gasteiger partial charge in [0.25, 0.3) is 0 Å². The summed E-state index contributed by atoms with van der Waals surface area (Å²) in [5.74, 6) is 0. The normalized spacial score (nSPS) is 14.3. The lowest BCUT2D eigenvalue weighted by molar-refractivity contribution is 0.106. The average molecular weight is 192 g/mol. The van der Waals surface area contributed by atoms with Crippen LogP contribution in [-0.2, 0) is 13.3 Å². The molecule has 72 valence electrons. The van der Waals surface area contributed by atoms with Crippen molar-refractivity contribution in [3.05, 3.63) is 12.7 Å². The maximum Gasteiger partial charge on any atom is 0.509 e. The summed E-state index contributed by atoms with van der Waals surface area (Å²) in [6.45, 7) is 3.50. The zero-order valence-corrected chi connectivity index (χ0v) is 8.74. The first-order chi connectivity index (χ1) is 5.70. The van der Waals surface area contributed by atoms with E-state index in [0.29, 0.717) is 0 Å². The predicted octanol–water partition coefficient (Wildman–Crippen LogP) is 0.413. The van der Waals surface area contributed by atoms with Crippen molar-refractivity contribution in [3.63, 3.8) is 0 Å². The molecule has 0 radical (unpaired) electrons. The molecule has 0 saturated carbocycles. The lowest BCUT2D eigenvalue weighted by Gasteiger charge is -2.29. The molecule has 4 nitrogen and oxygen atoms in total. The first kappa shape index (κ1) is 11.8. The van der Waals surface area contributed by atoms with Crippen molar-refractivity contribution in [3.8, 4) is 0 Å². The third-order valence-corrected chi connectivity index (χ3v) is 4.82. The Hall–Kier alpha value is -0.203. The van der Waals surface area contributed by atoms with Gasteiger partial charge in [0.2, 0.25) is 0 Å². The summed E-state index contributed by atoms with van der Waals surface area (Å²) < 4.78 is 15.4. The summed E-state index contributed by atoms with van der Waals surface area (Å²) >= 11 is 0. The van der Waals surface area contributed by atoms with E-state index in [9.17, 15) is 0 Å². The second-order valence-corrected chi connectivity index (χ2v) is 5.41. The number of hydrogen-bond donors (Lipinski definition) is 1. The van der Waals surface area contributed by atoms with E-state index in [-0.39, 0.29) is 12.1 Å². The number of aliphatic hydroxyl groups excluding tert-OH is 1. The van der Waals surface area contributed by atoms with Crippen LogP contribution in [0.3, 0.4) is 0 Å². The fourth-order valence-corrected chi connectivity index (χ4v) is 2.96. The molecule has 0 aliphatic carbocycles. The molecule has 5 heteroatoms. The van der Waals surface area contributed by atoms with E-state index in [0.717, 1.165) is 0 Å². The van der Waals surface area contributed by atoms with Gasteiger partial charge in [-0.15, -0.1) is 6.58 Å². The minimum absolute atomic E-state index is 0.0781. The van der Waals surface area contributed by atoms with Gasteiger partial charge in [-0.2, -0.15) is 0 Å². The van der Waals surface area contributed by atoms with Crippen LogP contribution in [0.2, 0.25) is 5.54 Å². The number of rotatable bonds is 6. The van der Waals surface area contributed by atoms with Gasteiger partial charge in [0, 0.05) is 21.3 Å². The lowest BCUT2D eigenvalue weighted by atomic mass is 10.4. The van der Waals surface area contributed by atoms with E-state index >= 15 is 0 Å². The van der Waals surface area contributed by atoms with Gasteiger partial charge in [-0.3, -0.25) is 0 Å². The molecule has 0 aliphatic heterocycles. The first-order valence-electron chi connectivity index (χ1n) is 3.59. The topological polar surface area (TPSA) is 47.9 Å². The zero-order chi connectivity index (χ0) is 9.61. The monoisotopic (exact) mass is 192 g/mol. The van der Waals surface area contributed by atoms with Crippen molar-refractivity contribution in [2.45, 2.75) is 5.54 Å². The Morgan fingerprint density at radius 3 is 1.83 bits per heavy atom. The van der Waals surface area contributed by atoms with Crippen LogP contribution in [-0.4, -0.2) is 41.8 Å². The third kappa shape index (κ3) is 2.15. The fourth-order valence-electron chi connectivity index (χ4n) is 1.03. The van der Waals surface area contributed by atoms with Crippen LogP contribution in [0.4, 0.5) is 0 Å². The van der Waals surface area contributed by atoms with Crippen LogP contribution < -0.4 is 0 Å². The maximum atomic E-state index is 8.98. The van der Waals surface area contributed by atoms with Gasteiger partial charge in [-0.05, 0) is 0 Å². The van der Waals surface area contributed by atoms with E-state index in [1.165, 1.54) is 21.3 Å². The van der Waals surface area contributed by atoms with Gasteiger partial charge in [0.15, 0.2) is 0 Å². The molecule has 0 aromatic heterocycles. The molecule has 0 saturated heterocycles. The van der Waals surface area contributed by atoms with Crippen molar-refractivity contribution in [1.82, 2.24) is 0 Å². The molecule has 0 rings (SSSR count). The molecule has 1 N–H and O–H groups in total. The summed E-state index contributed by atoms with van der Waals surface area (Å²) in [5.41, 5.74) is -0.266. The molecule has 0 bridgehead atoms. The molecule has 0 heterocycles. The highest BCUT2D eigenvalue weighted by Crippen LogP contribution is 2.24. The van der Waals surface area contributed by atoms with Crippen molar-refractivity contribution in [2.75, 3.05) is 27.9 Å². The van der Waals surface area contributed by atoms with E-state index in [1.54, 1.807) is 6.08 Å². The maximum absolute atomic E-state index is 8.98. The van der Waals surface area contributed by atoms with Crippen LogP contribution in [0.1, 0.15) is 0 Å². The summed E-state index contributed by atoms with van der Waals surface area (Å²) in [4.78, 5) is 0. The summed E-state index contributed by atoms with van der Waals surface area (Å²) in [6, 6.07) is 0. The van der Waals surface area contributed by atoms with Crippen LogP contribution in [0.25, 0.3) is 0 Å². The van der Waals surface area contributed by atoms with E-state index in [1.807, 2.05) is 0 Å². The van der Waals surface area contributed by atoms with Gasteiger partial charge >= 0.3 is 8.80 Å². The SMILES string of the molecule is C=CC(CO)[Si](OC)(OC)OC. The minimum atomic E-state index is -2.71. The summed E-state index contributed by atoms with van der Waals surface area (Å²) in [6.07, 6.45) is 1.59. The molecule has 1 unspecified atom stereocenters. The van der Waals surface area contributed by atoms with E-state index < -0.39 is 8.80 Å². The molecular weight excluding hydrogens is 176 g/mol. The predicted molar refractivity (Wildman–Crippen MR) is 47.8 cm³/mol. The van der Waals surface area contributed by atoms with E-state index in [4.69, 9.17) is 18.4 Å².